The number of benzene rings is 1. The highest BCUT2D eigenvalue weighted by Crippen LogP contribution is 2.34. The highest BCUT2D eigenvalue weighted by atomic mass is 32.2. The van der Waals surface area contributed by atoms with Gasteiger partial charge in [0.2, 0.25) is 11.8 Å². The van der Waals surface area contributed by atoms with Gasteiger partial charge in [0.05, 0.1) is 24.2 Å². The maximum Gasteiger partial charge on any atom is 0.294 e. The molecule has 10 nitrogen and oxygen atoms in total. The molecule has 4 heterocycles. The van der Waals surface area contributed by atoms with Crippen LogP contribution < -0.4 is 5.32 Å². The minimum atomic E-state index is -0.488. The fourth-order valence-corrected chi connectivity index (χ4v) is 5.42. The van der Waals surface area contributed by atoms with Crippen LogP contribution in [0.5, 0.6) is 0 Å². The third kappa shape index (κ3) is 5.32. The molecule has 3 aliphatic rings. The van der Waals surface area contributed by atoms with Crippen LogP contribution in [0, 0.1) is 0 Å². The first-order valence-electron chi connectivity index (χ1n) is 12.1. The molecule has 3 fully saturated rings. The number of morpholine rings is 1. The van der Waals surface area contributed by atoms with Crippen molar-refractivity contribution in [1.29, 1.82) is 0 Å². The maximum atomic E-state index is 13.0. The van der Waals surface area contributed by atoms with Gasteiger partial charge in [-0.2, -0.15) is 0 Å². The van der Waals surface area contributed by atoms with E-state index in [0.717, 1.165) is 52.6 Å². The third-order valence-corrected chi connectivity index (χ3v) is 7.41. The summed E-state index contributed by atoms with van der Waals surface area (Å²) in [6.45, 7) is 2.86. The van der Waals surface area contributed by atoms with E-state index >= 15 is 0 Å². The Labute approximate surface area is 212 Å². The van der Waals surface area contributed by atoms with Crippen molar-refractivity contribution >= 4 is 51.7 Å². The molecule has 36 heavy (non-hydrogen) atoms. The number of para-hydroxylation sites is 1. The lowest BCUT2D eigenvalue weighted by Crippen LogP contribution is -2.46. The van der Waals surface area contributed by atoms with Gasteiger partial charge >= 0.3 is 0 Å². The first kappa shape index (κ1) is 24.5. The van der Waals surface area contributed by atoms with Gasteiger partial charge in [-0.1, -0.05) is 18.2 Å². The highest BCUT2D eigenvalue weighted by Gasteiger charge is 2.37. The lowest BCUT2D eigenvalue weighted by atomic mass is 10.1. The Morgan fingerprint density at radius 1 is 1.11 bits per heavy atom. The number of nitrogens with one attached hydrogen (secondary N) is 1. The van der Waals surface area contributed by atoms with Crippen molar-refractivity contribution < 1.29 is 28.7 Å². The molecule has 0 aliphatic carbocycles. The Hall–Kier alpha value is -3.15. The average Bonchev–Trinajstić information content (AvgIpc) is 3.60. The topological polar surface area (TPSA) is 110 Å². The van der Waals surface area contributed by atoms with Crippen molar-refractivity contribution in [1.82, 2.24) is 19.7 Å². The van der Waals surface area contributed by atoms with Gasteiger partial charge in [0.1, 0.15) is 13.1 Å². The third-order valence-electron chi connectivity index (χ3n) is 6.50. The number of amides is 4. The molecule has 2 aromatic rings. The van der Waals surface area contributed by atoms with Crippen LogP contribution in [0.15, 0.2) is 35.4 Å². The number of hydrogen-bond acceptors (Lipinski definition) is 7. The van der Waals surface area contributed by atoms with Crippen molar-refractivity contribution in [2.75, 3.05) is 46.0 Å². The minimum Gasteiger partial charge on any atom is -0.378 e. The first-order chi connectivity index (χ1) is 17.5. The fourth-order valence-electron chi connectivity index (χ4n) is 4.59. The summed E-state index contributed by atoms with van der Waals surface area (Å²) in [6.07, 6.45) is 5.50. The number of aromatic nitrogens is 1. The number of ether oxygens (including phenoxy) is 2. The van der Waals surface area contributed by atoms with Crippen LogP contribution in [0.4, 0.5) is 4.79 Å². The smallest absolute Gasteiger partial charge is 0.294 e. The molecule has 3 saturated heterocycles. The second-order valence-corrected chi connectivity index (χ2v) is 9.92. The zero-order chi connectivity index (χ0) is 25.1. The molecule has 1 aromatic heterocycles. The van der Waals surface area contributed by atoms with Gasteiger partial charge in [0, 0.05) is 48.9 Å². The van der Waals surface area contributed by atoms with Crippen molar-refractivity contribution in [3.63, 3.8) is 0 Å². The molecule has 0 bridgehead atoms. The maximum absolute atomic E-state index is 13.0. The molecule has 0 spiro atoms. The van der Waals surface area contributed by atoms with Crippen molar-refractivity contribution in [2.24, 2.45) is 0 Å². The molecule has 0 radical (unpaired) electrons. The number of nitrogens with zero attached hydrogens (tertiary/aromatic N) is 3. The normalized spacial score (nSPS) is 21.7. The van der Waals surface area contributed by atoms with Crippen LogP contribution in [-0.2, 0) is 30.4 Å². The van der Waals surface area contributed by atoms with Crippen LogP contribution in [0.3, 0.4) is 0 Å². The summed E-state index contributed by atoms with van der Waals surface area (Å²) < 4.78 is 12.7. The summed E-state index contributed by atoms with van der Waals surface area (Å²) in [7, 11) is 0. The van der Waals surface area contributed by atoms with E-state index in [-0.39, 0.29) is 35.9 Å². The van der Waals surface area contributed by atoms with Gasteiger partial charge in [-0.25, -0.2) is 0 Å². The predicted octanol–water partition coefficient (Wildman–Crippen LogP) is 1.83. The molecule has 5 rings (SSSR count). The number of hydrogen-bond donors (Lipinski definition) is 1. The van der Waals surface area contributed by atoms with Crippen molar-refractivity contribution in [2.45, 2.75) is 25.5 Å². The quantitative estimate of drug-likeness (QED) is 0.564. The number of carbonyl (C=O) groups excluding carboxylic acids is 4. The van der Waals surface area contributed by atoms with Gasteiger partial charge in [-0.3, -0.25) is 24.1 Å². The first-order valence-corrected chi connectivity index (χ1v) is 12.9. The van der Waals surface area contributed by atoms with Gasteiger partial charge in [0.15, 0.2) is 0 Å². The SMILES string of the molecule is O=C(Cn1cc(/C=C2\SC(=O)N(CC(=O)N3CCOCC3)C2=O)c2ccccc21)NC[C@H]1CCCO1. The molecular weight excluding hydrogens is 484 g/mol. The molecule has 0 saturated carbocycles. The van der Waals surface area contributed by atoms with Gasteiger partial charge in [-0.15, -0.1) is 0 Å². The fraction of sp³-hybridized carbons (Fsp3) is 0.440. The molecule has 0 unspecified atom stereocenters. The van der Waals surface area contributed by atoms with Crippen molar-refractivity contribution in [3.05, 3.63) is 40.9 Å². The lowest BCUT2D eigenvalue weighted by molar-refractivity contribution is -0.139. The molecule has 4 amide bonds. The van der Waals surface area contributed by atoms with E-state index in [4.69, 9.17) is 9.47 Å². The van der Waals surface area contributed by atoms with Gasteiger partial charge in [0.25, 0.3) is 11.1 Å². The van der Waals surface area contributed by atoms with Crippen LogP contribution in [0.2, 0.25) is 0 Å². The van der Waals surface area contributed by atoms with Crippen LogP contribution in [0.25, 0.3) is 17.0 Å². The number of thioether (sulfide) groups is 1. The average molecular weight is 513 g/mol. The lowest BCUT2D eigenvalue weighted by Gasteiger charge is -2.28. The van der Waals surface area contributed by atoms with Crippen LogP contribution >= 0.6 is 11.8 Å². The largest absolute Gasteiger partial charge is 0.378 e. The number of imide groups is 1. The number of rotatable bonds is 7. The molecule has 1 aromatic carbocycles. The Morgan fingerprint density at radius 3 is 2.69 bits per heavy atom. The van der Waals surface area contributed by atoms with E-state index < -0.39 is 11.1 Å². The highest BCUT2D eigenvalue weighted by molar-refractivity contribution is 8.18. The van der Waals surface area contributed by atoms with E-state index in [2.05, 4.69) is 5.32 Å². The van der Waals surface area contributed by atoms with E-state index in [9.17, 15) is 19.2 Å². The molecular formula is C25H28N4O6S. The zero-order valence-corrected chi connectivity index (χ0v) is 20.6. The van der Waals surface area contributed by atoms with E-state index in [1.165, 1.54) is 0 Å². The number of carbonyl (C=O) groups is 4. The Balaban J connectivity index is 1.30. The molecule has 1 N–H and O–H groups in total. The summed E-state index contributed by atoms with van der Waals surface area (Å²) in [4.78, 5) is 53.6. The summed E-state index contributed by atoms with van der Waals surface area (Å²) >= 11 is 0.820. The van der Waals surface area contributed by atoms with Gasteiger partial charge in [-0.05, 0) is 36.7 Å². The second kappa shape index (κ2) is 10.9. The Kier molecular flexibility index (Phi) is 7.40. The Bertz CT molecular complexity index is 1210. The Morgan fingerprint density at radius 2 is 1.92 bits per heavy atom. The van der Waals surface area contributed by atoms with Crippen LogP contribution in [0.1, 0.15) is 18.4 Å². The summed E-state index contributed by atoms with van der Waals surface area (Å²) in [5.41, 5.74) is 1.57. The van der Waals surface area contributed by atoms with E-state index in [0.29, 0.717) is 32.8 Å². The van der Waals surface area contributed by atoms with Crippen molar-refractivity contribution in [3.8, 4) is 0 Å². The zero-order valence-electron chi connectivity index (χ0n) is 19.8. The minimum absolute atomic E-state index is 0.0664. The molecule has 190 valence electrons. The second-order valence-electron chi connectivity index (χ2n) is 8.93. The van der Waals surface area contributed by atoms with Crippen LogP contribution in [-0.4, -0.2) is 89.4 Å². The predicted molar refractivity (Wildman–Crippen MR) is 134 cm³/mol. The summed E-state index contributed by atoms with van der Waals surface area (Å²) in [5.74, 6) is -0.884. The molecule has 3 aliphatic heterocycles. The summed E-state index contributed by atoms with van der Waals surface area (Å²) in [6, 6.07) is 7.59. The standard InChI is InChI=1S/C25H28N4O6S/c30-22(26-13-18-4-3-9-35-18)15-28-14-17(19-5-1-2-6-20(19)28)12-21-24(32)29(25(33)36-21)16-23(31)27-7-10-34-11-8-27/h1-2,5-6,12,14,18H,3-4,7-11,13,15-16H2,(H,26,30)/b21-12-/t18-/m1/s1. The summed E-state index contributed by atoms with van der Waals surface area (Å²) in [5, 5.41) is 3.32. The van der Waals surface area contributed by atoms with E-state index in [1.807, 2.05) is 35.0 Å². The number of fused-ring (bicyclic) bond motifs is 1. The van der Waals surface area contributed by atoms with E-state index in [1.54, 1.807) is 11.0 Å². The molecule has 11 heteroatoms. The van der Waals surface area contributed by atoms with Gasteiger partial charge < -0.3 is 24.3 Å². The monoisotopic (exact) mass is 512 g/mol. The molecule has 1 atom stereocenters.